The molecule has 0 aromatic heterocycles. The number of anilines is 1. The Balaban J connectivity index is 1.55. The topological polar surface area (TPSA) is 94.9 Å². The van der Waals surface area contributed by atoms with Crippen LogP contribution in [0, 0.1) is 11.3 Å². The number of nitrogens with zero attached hydrogens (tertiary/aromatic N) is 3. The van der Waals surface area contributed by atoms with E-state index in [0.717, 1.165) is 10.5 Å². The van der Waals surface area contributed by atoms with Crippen LogP contribution in [0.2, 0.25) is 0 Å². The highest BCUT2D eigenvalue weighted by molar-refractivity contribution is 6.24. The number of carbonyl (C=O) groups excluding carboxylic acids is 2. The summed E-state index contributed by atoms with van der Waals surface area (Å²) in [6.07, 6.45) is 0. The molecule has 3 heterocycles. The first-order valence-corrected chi connectivity index (χ1v) is 9.27. The molecule has 3 amide bonds. The van der Waals surface area contributed by atoms with Crippen molar-refractivity contribution in [2.75, 3.05) is 31.8 Å². The smallest absolute Gasteiger partial charge is 0.329 e. The molecule has 5 rings (SSSR count). The monoisotopic (exact) mass is 390 g/mol. The molecule has 3 aliphatic heterocycles. The highest BCUT2D eigenvalue weighted by atomic mass is 16.7. The largest absolute Gasteiger partial charge is 0.454 e. The fourth-order valence-corrected chi connectivity index (χ4v) is 4.47. The van der Waals surface area contributed by atoms with Crippen molar-refractivity contribution in [3.05, 3.63) is 53.6 Å². The number of imide groups is 1. The van der Waals surface area contributed by atoms with Gasteiger partial charge in [0.15, 0.2) is 11.5 Å². The number of fused-ring (bicyclic) bond motifs is 1. The fraction of sp³-hybridized carbons (Fsp3) is 0.286. The van der Waals surface area contributed by atoms with E-state index in [1.807, 2.05) is 36.2 Å². The predicted molar refractivity (Wildman–Crippen MR) is 103 cm³/mol. The number of carbonyl (C=O) groups is 2. The Morgan fingerprint density at radius 3 is 2.83 bits per heavy atom. The van der Waals surface area contributed by atoms with Gasteiger partial charge in [0.25, 0.3) is 5.91 Å². The minimum absolute atomic E-state index is 0.174. The van der Waals surface area contributed by atoms with Crippen LogP contribution in [-0.4, -0.2) is 49.3 Å². The van der Waals surface area contributed by atoms with Gasteiger partial charge >= 0.3 is 6.03 Å². The van der Waals surface area contributed by atoms with E-state index in [0.29, 0.717) is 35.8 Å². The second kappa shape index (κ2) is 6.22. The van der Waals surface area contributed by atoms with E-state index in [-0.39, 0.29) is 18.6 Å². The summed E-state index contributed by atoms with van der Waals surface area (Å²) < 4.78 is 10.9. The van der Waals surface area contributed by atoms with Crippen LogP contribution in [0.4, 0.5) is 10.5 Å². The molecule has 0 unspecified atom stereocenters. The molecule has 2 atom stereocenters. The van der Waals surface area contributed by atoms with Crippen LogP contribution >= 0.6 is 0 Å². The average Bonchev–Trinajstić information content (AvgIpc) is 3.38. The van der Waals surface area contributed by atoms with Crippen molar-refractivity contribution >= 4 is 17.6 Å². The van der Waals surface area contributed by atoms with Gasteiger partial charge in [-0.3, -0.25) is 4.79 Å². The van der Waals surface area contributed by atoms with E-state index in [1.165, 1.54) is 0 Å². The van der Waals surface area contributed by atoms with E-state index in [1.54, 1.807) is 24.3 Å². The number of nitriles is 1. The quantitative estimate of drug-likeness (QED) is 0.786. The zero-order valence-electron chi connectivity index (χ0n) is 15.7. The number of benzene rings is 2. The summed E-state index contributed by atoms with van der Waals surface area (Å²) in [4.78, 5) is 29.6. The van der Waals surface area contributed by atoms with E-state index in [9.17, 15) is 9.59 Å². The molecular weight excluding hydrogens is 372 g/mol. The zero-order chi connectivity index (χ0) is 20.2. The Bertz CT molecular complexity index is 1080. The van der Waals surface area contributed by atoms with Gasteiger partial charge in [-0.25, -0.2) is 9.69 Å². The molecule has 8 nitrogen and oxygen atoms in total. The molecule has 0 saturated carbocycles. The van der Waals surface area contributed by atoms with E-state index < -0.39 is 11.6 Å². The third-order valence-corrected chi connectivity index (χ3v) is 5.76. The van der Waals surface area contributed by atoms with Gasteiger partial charge in [0.1, 0.15) is 5.54 Å². The fourth-order valence-electron chi connectivity index (χ4n) is 4.47. The van der Waals surface area contributed by atoms with Crippen molar-refractivity contribution in [2.24, 2.45) is 0 Å². The van der Waals surface area contributed by atoms with Gasteiger partial charge in [-0.05, 0) is 42.9 Å². The van der Waals surface area contributed by atoms with Crippen molar-refractivity contribution in [1.82, 2.24) is 10.2 Å². The number of amides is 3. The van der Waals surface area contributed by atoms with Crippen molar-refractivity contribution < 1.29 is 19.1 Å². The summed E-state index contributed by atoms with van der Waals surface area (Å²) in [7, 11) is 1.92. The molecule has 2 aromatic carbocycles. The first-order chi connectivity index (χ1) is 14.0. The Hall–Kier alpha value is -3.57. The standard InChI is InChI=1S/C21H18N4O4/c1-24-10-16(14-5-6-17-18(8-14)29-12-28-17)21(11-24)19(26)25(20(27)23-21)15-4-2-3-13(7-15)9-22/h2-8,16H,10-12H2,1H3,(H,23,27)/t16-,21+/m1/s1. The lowest BCUT2D eigenvalue weighted by Crippen LogP contribution is -2.52. The van der Waals surface area contributed by atoms with Gasteiger partial charge < -0.3 is 19.7 Å². The number of nitrogens with one attached hydrogen (secondary N) is 1. The van der Waals surface area contributed by atoms with Gasteiger partial charge in [0.2, 0.25) is 6.79 Å². The van der Waals surface area contributed by atoms with Crippen molar-refractivity contribution in [3.63, 3.8) is 0 Å². The Morgan fingerprint density at radius 1 is 1.17 bits per heavy atom. The second-order valence-electron chi connectivity index (χ2n) is 7.57. The molecule has 0 aliphatic carbocycles. The van der Waals surface area contributed by atoms with Gasteiger partial charge in [0.05, 0.1) is 17.3 Å². The van der Waals surface area contributed by atoms with E-state index in [2.05, 4.69) is 5.32 Å². The van der Waals surface area contributed by atoms with Gasteiger partial charge in [0, 0.05) is 19.0 Å². The van der Waals surface area contributed by atoms with Crippen LogP contribution in [0.5, 0.6) is 11.5 Å². The van der Waals surface area contributed by atoms with Crippen molar-refractivity contribution in [3.8, 4) is 17.6 Å². The Morgan fingerprint density at radius 2 is 2.00 bits per heavy atom. The SMILES string of the molecule is CN1C[C@H](c2ccc3c(c2)OCO3)[C@]2(C1)NC(=O)N(c1cccc(C#N)c1)C2=O. The highest BCUT2D eigenvalue weighted by Gasteiger charge is 2.60. The predicted octanol–water partition coefficient (Wildman–Crippen LogP) is 1.81. The van der Waals surface area contributed by atoms with Crippen molar-refractivity contribution in [1.29, 1.82) is 5.26 Å². The van der Waals surface area contributed by atoms with Gasteiger partial charge in [-0.15, -0.1) is 0 Å². The third kappa shape index (κ3) is 2.55. The number of hydrogen-bond acceptors (Lipinski definition) is 6. The number of hydrogen-bond donors (Lipinski definition) is 1. The van der Waals surface area contributed by atoms with E-state index in [4.69, 9.17) is 14.7 Å². The molecule has 1 spiro atoms. The highest BCUT2D eigenvalue weighted by Crippen LogP contribution is 2.43. The lowest BCUT2D eigenvalue weighted by atomic mass is 9.81. The molecule has 2 aromatic rings. The lowest BCUT2D eigenvalue weighted by Gasteiger charge is -2.28. The van der Waals surface area contributed by atoms with Crippen LogP contribution in [-0.2, 0) is 4.79 Å². The molecule has 8 heteroatoms. The summed E-state index contributed by atoms with van der Waals surface area (Å²) in [5.41, 5.74) is 0.601. The van der Waals surface area contributed by atoms with Crippen LogP contribution in [0.3, 0.4) is 0 Å². The summed E-state index contributed by atoms with van der Waals surface area (Å²) in [6.45, 7) is 1.18. The second-order valence-corrected chi connectivity index (χ2v) is 7.57. The summed E-state index contributed by atoms with van der Waals surface area (Å²) in [5.74, 6) is 0.751. The molecule has 0 radical (unpaired) electrons. The third-order valence-electron chi connectivity index (χ3n) is 5.76. The molecule has 2 fully saturated rings. The number of urea groups is 1. The van der Waals surface area contributed by atoms with Crippen LogP contribution in [0.25, 0.3) is 0 Å². The van der Waals surface area contributed by atoms with E-state index >= 15 is 0 Å². The summed E-state index contributed by atoms with van der Waals surface area (Å²) in [6, 6.07) is 13.7. The van der Waals surface area contributed by atoms with Crippen LogP contribution in [0.1, 0.15) is 17.0 Å². The van der Waals surface area contributed by atoms with Crippen molar-refractivity contribution in [2.45, 2.75) is 11.5 Å². The Kier molecular flexibility index (Phi) is 3.76. The molecular formula is C21H18N4O4. The van der Waals surface area contributed by atoms with Gasteiger partial charge in [-0.2, -0.15) is 5.26 Å². The van der Waals surface area contributed by atoms with Gasteiger partial charge in [-0.1, -0.05) is 12.1 Å². The summed E-state index contributed by atoms with van der Waals surface area (Å²) >= 11 is 0. The first-order valence-electron chi connectivity index (χ1n) is 9.27. The number of likely N-dealkylation sites (tertiary alicyclic amines) is 1. The molecule has 29 heavy (non-hydrogen) atoms. The maximum absolute atomic E-state index is 13.6. The zero-order valence-corrected chi connectivity index (χ0v) is 15.7. The lowest BCUT2D eigenvalue weighted by molar-refractivity contribution is -0.122. The maximum atomic E-state index is 13.6. The minimum Gasteiger partial charge on any atom is -0.454 e. The molecule has 0 bridgehead atoms. The average molecular weight is 390 g/mol. The number of ether oxygens (including phenoxy) is 2. The summed E-state index contributed by atoms with van der Waals surface area (Å²) in [5, 5.41) is 12.1. The van der Waals surface area contributed by atoms with Crippen LogP contribution < -0.4 is 19.7 Å². The minimum atomic E-state index is -1.08. The molecule has 146 valence electrons. The molecule has 1 N–H and O–H groups in total. The molecule has 3 aliphatic rings. The normalized spacial score (nSPS) is 25.5. The number of rotatable bonds is 2. The molecule has 2 saturated heterocycles. The maximum Gasteiger partial charge on any atom is 0.329 e. The first kappa shape index (κ1) is 17.5. The van der Waals surface area contributed by atoms with Crippen LogP contribution in [0.15, 0.2) is 42.5 Å². The Labute approximate surface area is 167 Å². The number of likely N-dealkylation sites (N-methyl/N-ethyl adjacent to an activating group) is 1.